The van der Waals surface area contributed by atoms with Gasteiger partial charge >= 0.3 is 0 Å². The van der Waals surface area contributed by atoms with E-state index in [1.54, 1.807) is 0 Å². The second-order valence-corrected chi connectivity index (χ2v) is 8.22. The van der Waals surface area contributed by atoms with E-state index in [0.717, 1.165) is 32.1 Å². The largest absolute Gasteiger partial charge is 0.389 e. The zero-order valence-corrected chi connectivity index (χ0v) is 17.1. The van der Waals surface area contributed by atoms with Crippen LogP contribution in [0.25, 0.3) is 0 Å². The van der Waals surface area contributed by atoms with Crippen LogP contribution in [0, 0.1) is 11.8 Å². The maximum absolute atomic E-state index is 12.1. The molecule has 2 nitrogen and oxygen atoms in total. The summed E-state index contributed by atoms with van der Waals surface area (Å²) >= 11 is 0. The maximum atomic E-state index is 12.1. The summed E-state index contributed by atoms with van der Waals surface area (Å²) in [5, 5.41) is 16.0. The molecule has 27 heavy (non-hydrogen) atoms. The lowest BCUT2D eigenvalue weighted by Crippen LogP contribution is -2.58. The molecule has 0 aliphatic carbocycles. The third kappa shape index (κ3) is 4.12. The van der Waals surface area contributed by atoms with Gasteiger partial charge in [0.05, 0.1) is 5.60 Å². The third-order valence-corrected chi connectivity index (χ3v) is 6.54. The first-order valence-electron chi connectivity index (χ1n) is 10.7. The van der Waals surface area contributed by atoms with Gasteiger partial charge in [-0.3, -0.25) is 0 Å². The van der Waals surface area contributed by atoms with Gasteiger partial charge in [-0.05, 0) is 24.0 Å². The zero-order valence-electron chi connectivity index (χ0n) is 17.1. The van der Waals surface area contributed by atoms with Crippen LogP contribution in [0.3, 0.4) is 0 Å². The Morgan fingerprint density at radius 2 is 1.41 bits per heavy atom. The Balaban J connectivity index is 2.05. The fourth-order valence-electron chi connectivity index (χ4n) is 5.00. The minimum absolute atomic E-state index is 0.159. The standard InChI is InChI=1S/C25H35NO/c1-4-6-18-25(27)19(3)23(20-14-9-7-10-15-20)26-24(22(25)13-5-2)21-16-11-8-12-17-21/h7-12,14-17,19,22-24,26-27H,4-6,13,18H2,1-3H3/t19-,22-,23-,24-,25+/m1/s1. The van der Waals surface area contributed by atoms with Gasteiger partial charge in [-0.15, -0.1) is 0 Å². The van der Waals surface area contributed by atoms with Gasteiger partial charge in [0.1, 0.15) is 0 Å². The van der Waals surface area contributed by atoms with Crippen molar-refractivity contribution >= 4 is 0 Å². The van der Waals surface area contributed by atoms with E-state index in [1.165, 1.54) is 11.1 Å². The van der Waals surface area contributed by atoms with Crippen molar-refractivity contribution in [3.05, 3.63) is 71.8 Å². The van der Waals surface area contributed by atoms with Crippen LogP contribution in [-0.2, 0) is 0 Å². The minimum atomic E-state index is -0.654. The van der Waals surface area contributed by atoms with Crippen molar-refractivity contribution in [1.82, 2.24) is 5.32 Å². The number of unbranched alkanes of at least 4 members (excludes halogenated alkanes) is 1. The molecule has 2 aromatic rings. The van der Waals surface area contributed by atoms with Crippen LogP contribution < -0.4 is 5.32 Å². The topological polar surface area (TPSA) is 32.3 Å². The van der Waals surface area contributed by atoms with Crippen molar-refractivity contribution < 1.29 is 5.11 Å². The molecule has 0 amide bonds. The smallest absolute Gasteiger partial charge is 0.0737 e. The molecule has 2 aromatic carbocycles. The highest BCUT2D eigenvalue weighted by molar-refractivity contribution is 5.28. The lowest BCUT2D eigenvalue weighted by Gasteiger charge is -2.53. The normalized spacial score (nSPS) is 31.0. The van der Waals surface area contributed by atoms with Crippen LogP contribution in [0.15, 0.2) is 60.7 Å². The van der Waals surface area contributed by atoms with Gasteiger partial charge in [0, 0.05) is 23.9 Å². The van der Waals surface area contributed by atoms with E-state index in [2.05, 4.69) is 86.8 Å². The number of aliphatic hydroxyl groups is 1. The molecule has 1 saturated heterocycles. The summed E-state index contributed by atoms with van der Waals surface area (Å²) in [4.78, 5) is 0. The molecule has 2 N–H and O–H groups in total. The summed E-state index contributed by atoms with van der Waals surface area (Å²) in [5.74, 6) is 0.398. The Morgan fingerprint density at radius 3 is 1.93 bits per heavy atom. The highest BCUT2D eigenvalue weighted by Gasteiger charge is 2.51. The molecule has 0 unspecified atom stereocenters. The van der Waals surface area contributed by atoms with Crippen LogP contribution in [0.1, 0.15) is 76.1 Å². The molecule has 1 aliphatic heterocycles. The summed E-state index contributed by atoms with van der Waals surface area (Å²) < 4.78 is 0. The Labute approximate surface area is 165 Å². The second kappa shape index (κ2) is 9.03. The molecule has 0 aromatic heterocycles. The molecule has 1 aliphatic rings. The molecule has 0 radical (unpaired) electrons. The van der Waals surface area contributed by atoms with Crippen molar-refractivity contribution in [1.29, 1.82) is 0 Å². The van der Waals surface area contributed by atoms with Crippen LogP contribution in [0.4, 0.5) is 0 Å². The Hall–Kier alpha value is -1.64. The summed E-state index contributed by atoms with van der Waals surface area (Å²) in [7, 11) is 0. The highest BCUT2D eigenvalue weighted by Crippen LogP contribution is 2.50. The van der Waals surface area contributed by atoms with Crippen LogP contribution in [-0.4, -0.2) is 10.7 Å². The highest BCUT2D eigenvalue weighted by atomic mass is 16.3. The van der Waals surface area contributed by atoms with E-state index in [0.29, 0.717) is 0 Å². The first-order chi connectivity index (χ1) is 13.1. The number of piperidine rings is 1. The van der Waals surface area contributed by atoms with E-state index >= 15 is 0 Å². The lowest BCUT2D eigenvalue weighted by atomic mass is 9.62. The number of rotatable bonds is 7. The summed E-state index contributed by atoms with van der Waals surface area (Å²) in [6.45, 7) is 6.69. The molecule has 0 saturated carbocycles. The molecule has 0 spiro atoms. The van der Waals surface area contributed by atoms with Gasteiger partial charge in [-0.2, -0.15) is 0 Å². The van der Waals surface area contributed by atoms with E-state index in [1.807, 2.05) is 0 Å². The van der Waals surface area contributed by atoms with Crippen molar-refractivity contribution in [3.63, 3.8) is 0 Å². The van der Waals surface area contributed by atoms with Gasteiger partial charge in [-0.1, -0.05) is 101 Å². The fourth-order valence-corrected chi connectivity index (χ4v) is 5.00. The predicted octanol–water partition coefficient (Wildman–Crippen LogP) is 6.05. The molecule has 1 heterocycles. The number of nitrogens with one attached hydrogen (secondary N) is 1. The lowest BCUT2D eigenvalue weighted by molar-refractivity contribution is -0.125. The van der Waals surface area contributed by atoms with Crippen molar-refractivity contribution in [2.45, 2.75) is 70.6 Å². The van der Waals surface area contributed by atoms with Gasteiger partial charge in [0.2, 0.25) is 0 Å². The Morgan fingerprint density at radius 1 is 0.852 bits per heavy atom. The molecule has 1 fully saturated rings. The molecule has 0 bridgehead atoms. The maximum Gasteiger partial charge on any atom is 0.0737 e. The predicted molar refractivity (Wildman–Crippen MR) is 114 cm³/mol. The summed E-state index contributed by atoms with van der Waals surface area (Å²) in [6, 6.07) is 21.7. The SMILES string of the molecule is CCCC[C@]1(O)[C@H](C)[C@H](c2ccccc2)N[C@H](c2ccccc2)[C@H]1CCC. The fraction of sp³-hybridized carbons (Fsp3) is 0.520. The first kappa shape index (κ1) is 20.1. The average molecular weight is 366 g/mol. The van der Waals surface area contributed by atoms with Crippen LogP contribution >= 0.6 is 0 Å². The Bertz CT molecular complexity index is 686. The van der Waals surface area contributed by atoms with Gasteiger partial charge in [0.15, 0.2) is 0 Å². The molecule has 3 rings (SSSR count). The van der Waals surface area contributed by atoms with E-state index in [4.69, 9.17) is 0 Å². The van der Waals surface area contributed by atoms with Crippen LogP contribution in [0.2, 0.25) is 0 Å². The van der Waals surface area contributed by atoms with Gasteiger partial charge < -0.3 is 10.4 Å². The van der Waals surface area contributed by atoms with Crippen molar-refractivity contribution in [2.75, 3.05) is 0 Å². The molecule has 146 valence electrons. The summed E-state index contributed by atoms with van der Waals surface area (Å²) in [6.07, 6.45) is 5.20. The summed E-state index contributed by atoms with van der Waals surface area (Å²) in [5.41, 5.74) is 1.91. The average Bonchev–Trinajstić information content (AvgIpc) is 2.72. The van der Waals surface area contributed by atoms with E-state index < -0.39 is 5.60 Å². The van der Waals surface area contributed by atoms with Gasteiger partial charge in [0.25, 0.3) is 0 Å². The molecule has 2 heteroatoms. The Kier molecular flexibility index (Phi) is 6.73. The van der Waals surface area contributed by atoms with Crippen molar-refractivity contribution in [2.24, 2.45) is 11.8 Å². The van der Waals surface area contributed by atoms with E-state index in [9.17, 15) is 5.11 Å². The quantitative estimate of drug-likeness (QED) is 0.626. The number of hydrogen-bond acceptors (Lipinski definition) is 2. The zero-order chi connectivity index (χ0) is 19.3. The monoisotopic (exact) mass is 365 g/mol. The third-order valence-electron chi connectivity index (χ3n) is 6.54. The number of hydrogen-bond donors (Lipinski definition) is 2. The van der Waals surface area contributed by atoms with Crippen LogP contribution in [0.5, 0.6) is 0 Å². The van der Waals surface area contributed by atoms with E-state index in [-0.39, 0.29) is 23.9 Å². The van der Waals surface area contributed by atoms with Gasteiger partial charge in [-0.25, -0.2) is 0 Å². The number of benzene rings is 2. The molecule has 5 atom stereocenters. The first-order valence-corrected chi connectivity index (χ1v) is 10.7. The second-order valence-electron chi connectivity index (χ2n) is 8.22. The molecular weight excluding hydrogens is 330 g/mol. The minimum Gasteiger partial charge on any atom is -0.389 e. The molecular formula is C25H35NO. The van der Waals surface area contributed by atoms with Crippen molar-refractivity contribution in [3.8, 4) is 0 Å².